The number of halogens is 1. The number of aromatic nitrogens is 4. The van der Waals surface area contributed by atoms with Crippen molar-refractivity contribution in [3.8, 4) is 22.8 Å². The molecule has 0 saturated carbocycles. The Kier molecular flexibility index (Phi) is 5.47. The number of benzene rings is 6. The lowest BCUT2D eigenvalue weighted by molar-refractivity contribution is 1.04. The van der Waals surface area contributed by atoms with Gasteiger partial charge in [0.25, 0.3) is 0 Å². The van der Waals surface area contributed by atoms with Crippen LogP contribution in [0.25, 0.3) is 86.5 Å². The smallest absolute Gasteiger partial charge is 0.224 e. The molecule has 46 heavy (non-hydrogen) atoms. The first kappa shape index (κ1) is 25.8. The van der Waals surface area contributed by atoms with Crippen molar-refractivity contribution in [1.29, 1.82) is 0 Å². The van der Waals surface area contributed by atoms with Gasteiger partial charge in [0.1, 0.15) is 5.82 Å². The molecule has 0 aliphatic carbocycles. The third kappa shape index (κ3) is 3.73. The predicted octanol–water partition coefficient (Wildman–Crippen LogP) is 11.4. The van der Waals surface area contributed by atoms with Gasteiger partial charge in [0.2, 0.25) is 5.28 Å². The van der Waals surface area contributed by atoms with E-state index < -0.39 is 0 Å². The second-order valence-corrected chi connectivity index (χ2v) is 13.0. The maximum atomic E-state index is 6.67. The summed E-state index contributed by atoms with van der Waals surface area (Å²) in [6.45, 7) is 0. The molecule has 10 aromatic rings. The van der Waals surface area contributed by atoms with E-state index in [-0.39, 0.29) is 5.28 Å². The largest absolute Gasteiger partial charge is 0.309 e. The lowest BCUT2D eigenvalue weighted by Gasteiger charge is -2.11. The minimum absolute atomic E-state index is 0.219. The molecule has 0 unspecified atom stereocenters. The summed E-state index contributed by atoms with van der Waals surface area (Å²) in [7, 11) is 0. The Balaban J connectivity index is 1.18. The quantitative estimate of drug-likeness (QED) is 0.183. The van der Waals surface area contributed by atoms with Crippen LogP contribution in [0.4, 0.5) is 0 Å². The summed E-state index contributed by atoms with van der Waals surface area (Å²) in [5.74, 6) is 0.738. The first-order valence-electron chi connectivity index (χ1n) is 15.2. The van der Waals surface area contributed by atoms with Crippen LogP contribution in [0.15, 0.2) is 140 Å². The van der Waals surface area contributed by atoms with E-state index in [0.717, 1.165) is 44.6 Å². The summed E-state index contributed by atoms with van der Waals surface area (Å²) in [5.41, 5.74) is 7.43. The van der Waals surface area contributed by atoms with E-state index in [1.165, 1.54) is 42.0 Å². The van der Waals surface area contributed by atoms with E-state index in [0.29, 0.717) is 0 Å². The zero-order chi connectivity index (χ0) is 30.4. The minimum atomic E-state index is 0.219. The molecule has 0 amide bonds. The van der Waals surface area contributed by atoms with Crippen LogP contribution in [0.5, 0.6) is 0 Å². The predicted molar refractivity (Wildman–Crippen MR) is 194 cm³/mol. The molecule has 0 fully saturated rings. The molecule has 6 heteroatoms. The topological polar surface area (TPSA) is 35.6 Å². The molecule has 0 atom stereocenters. The van der Waals surface area contributed by atoms with Gasteiger partial charge in [-0.05, 0) is 60.1 Å². The van der Waals surface area contributed by atoms with Gasteiger partial charge in [0, 0.05) is 59.0 Å². The van der Waals surface area contributed by atoms with Gasteiger partial charge >= 0.3 is 0 Å². The molecule has 4 heterocycles. The first-order valence-corrected chi connectivity index (χ1v) is 16.4. The molecule has 6 aromatic carbocycles. The Morgan fingerprint density at radius 1 is 0.457 bits per heavy atom. The third-order valence-electron chi connectivity index (χ3n) is 9.08. The molecule has 0 bridgehead atoms. The molecule has 0 saturated heterocycles. The molecular weight excluding hydrogens is 604 g/mol. The first-order chi connectivity index (χ1) is 22.7. The molecule has 10 rings (SSSR count). The monoisotopic (exact) mass is 626 g/mol. The SMILES string of the molecule is Clc1nc(-c2ccc3c(c2)sc2ccccc23)cc(-n2c3ccccc3c3cc(-n4c5ccccc5c5ccccc54)ccc32)n1. The molecule has 4 nitrogen and oxygen atoms in total. The number of nitrogens with zero attached hydrogens (tertiary/aromatic N) is 4. The molecule has 216 valence electrons. The average Bonchev–Trinajstić information content (AvgIpc) is 3.75. The molecule has 0 spiro atoms. The highest BCUT2D eigenvalue weighted by molar-refractivity contribution is 7.25. The summed E-state index contributed by atoms with van der Waals surface area (Å²) in [6, 6.07) is 49.6. The van der Waals surface area contributed by atoms with Crippen LogP contribution in [0.3, 0.4) is 0 Å². The zero-order valence-electron chi connectivity index (χ0n) is 24.4. The number of hydrogen-bond acceptors (Lipinski definition) is 3. The van der Waals surface area contributed by atoms with E-state index in [2.05, 4.69) is 148 Å². The second kappa shape index (κ2) is 9.75. The maximum Gasteiger partial charge on any atom is 0.224 e. The average molecular weight is 627 g/mol. The van der Waals surface area contributed by atoms with E-state index in [4.69, 9.17) is 16.6 Å². The van der Waals surface area contributed by atoms with Crippen LogP contribution < -0.4 is 0 Å². The summed E-state index contributed by atoms with van der Waals surface area (Å²) >= 11 is 8.47. The zero-order valence-corrected chi connectivity index (χ0v) is 25.9. The van der Waals surface area contributed by atoms with Crippen LogP contribution in [0.1, 0.15) is 0 Å². The van der Waals surface area contributed by atoms with E-state index in [1.54, 1.807) is 11.3 Å². The number of para-hydroxylation sites is 3. The van der Waals surface area contributed by atoms with Crippen LogP contribution >= 0.6 is 22.9 Å². The van der Waals surface area contributed by atoms with Gasteiger partial charge in [-0.15, -0.1) is 11.3 Å². The van der Waals surface area contributed by atoms with E-state index >= 15 is 0 Å². The molecule has 0 aliphatic heterocycles. The Hall–Kier alpha value is -5.49. The number of hydrogen-bond donors (Lipinski definition) is 0. The summed E-state index contributed by atoms with van der Waals surface area (Å²) in [6.07, 6.45) is 0. The summed E-state index contributed by atoms with van der Waals surface area (Å²) in [4.78, 5) is 9.45. The van der Waals surface area contributed by atoms with Gasteiger partial charge in [-0.25, -0.2) is 4.98 Å². The van der Waals surface area contributed by atoms with Crippen LogP contribution in [-0.4, -0.2) is 19.1 Å². The van der Waals surface area contributed by atoms with Gasteiger partial charge in [0.15, 0.2) is 0 Å². The Labute approximate surface area is 272 Å². The molecule has 4 aromatic heterocycles. The Morgan fingerprint density at radius 3 is 1.78 bits per heavy atom. The lowest BCUT2D eigenvalue weighted by atomic mass is 10.1. The highest BCUT2D eigenvalue weighted by Gasteiger charge is 2.18. The van der Waals surface area contributed by atoms with Crippen molar-refractivity contribution in [1.82, 2.24) is 19.1 Å². The Bertz CT molecular complexity index is 2790. The number of rotatable bonds is 3. The minimum Gasteiger partial charge on any atom is -0.309 e. The van der Waals surface area contributed by atoms with E-state index in [1.807, 2.05) is 6.07 Å². The molecule has 0 aliphatic rings. The van der Waals surface area contributed by atoms with Crippen molar-refractivity contribution in [3.63, 3.8) is 0 Å². The van der Waals surface area contributed by atoms with Crippen molar-refractivity contribution >= 4 is 86.7 Å². The van der Waals surface area contributed by atoms with Gasteiger partial charge in [-0.3, -0.25) is 4.57 Å². The summed E-state index contributed by atoms with van der Waals surface area (Å²) < 4.78 is 7.07. The second-order valence-electron chi connectivity index (χ2n) is 11.6. The lowest BCUT2D eigenvalue weighted by Crippen LogP contribution is -2.00. The number of thiophene rings is 1. The van der Waals surface area contributed by atoms with E-state index in [9.17, 15) is 0 Å². The fraction of sp³-hybridized carbons (Fsp3) is 0. The highest BCUT2D eigenvalue weighted by atomic mass is 35.5. The molecule has 0 radical (unpaired) electrons. The molecule has 0 N–H and O–H groups in total. The van der Waals surface area contributed by atoms with Gasteiger partial charge in [0.05, 0.1) is 27.8 Å². The van der Waals surface area contributed by atoms with Crippen molar-refractivity contribution in [2.75, 3.05) is 0 Å². The maximum absolute atomic E-state index is 6.67. The number of fused-ring (bicyclic) bond motifs is 9. The van der Waals surface area contributed by atoms with Crippen LogP contribution in [0, 0.1) is 0 Å². The van der Waals surface area contributed by atoms with Crippen molar-refractivity contribution in [2.24, 2.45) is 0 Å². The normalized spacial score (nSPS) is 12.0. The van der Waals surface area contributed by atoms with Crippen LogP contribution in [0.2, 0.25) is 5.28 Å². The Morgan fingerprint density at radius 2 is 1.04 bits per heavy atom. The standard InChI is InChI=1S/C40H23ClN4S/c41-40-42-32(24-17-19-30-29-12-4-8-16-37(29)46-38(30)21-24)23-39(43-40)45-35-15-7-3-11-28(35)31-22-25(18-20-36(31)45)44-33-13-5-1-9-26(33)27-10-2-6-14-34(27)44/h1-23H. The van der Waals surface area contributed by atoms with Gasteiger partial charge in [-0.2, -0.15) is 4.98 Å². The van der Waals surface area contributed by atoms with Crippen molar-refractivity contribution in [3.05, 3.63) is 145 Å². The van der Waals surface area contributed by atoms with Gasteiger partial charge < -0.3 is 4.57 Å². The summed E-state index contributed by atoms with van der Waals surface area (Å²) in [5, 5.41) is 7.56. The third-order valence-corrected chi connectivity index (χ3v) is 10.4. The van der Waals surface area contributed by atoms with Crippen LogP contribution in [-0.2, 0) is 0 Å². The van der Waals surface area contributed by atoms with Crippen molar-refractivity contribution in [2.45, 2.75) is 0 Å². The van der Waals surface area contributed by atoms with Crippen molar-refractivity contribution < 1.29 is 0 Å². The fourth-order valence-electron chi connectivity index (χ4n) is 7.10. The van der Waals surface area contributed by atoms with Gasteiger partial charge in [-0.1, -0.05) is 84.9 Å². The molecular formula is C40H23ClN4S. The highest BCUT2D eigenvalue weighted by Crippen LogP contribution is 2.39. The fourth-order valence-corrected chi connectivity index (χ4v) is 8.42.